The summed E-state index contributed by atoms with van der Waals surface area (Å²) in [6.07, 6.45) is 10.1. The van der Waals surface area contributed by atoms with Gasteiger partial charge in [-0.25, -0.2) is 0 Å². The maximum atomic E-state index is 13.5. The molecule has 3 rings (SSSR count). The number of carbonyl (C=O) groups is 4. The van der Waals surface area contributed by atoms with Crippen LogP contribution in [0.2, 0.25) is 0 Å². The lowest BCUT2D eigenvalue weighted by Gasteiger charge is -2.32. The summed E-state index contributed by atoms with van der Waals surface area (Å²) in [5.41, 5.74) is 6.50. The van der Waals surface area contributed by atoms with E-state index in [4.69, 9.17) is 0 Å². The zero-order valence-electron chi connectivity index (χ0n) is 28.0. The minimum Gasteiger partial charge on any atom is -0.300 e. The molecule has 0 amide bonds. The molecule has 43 heavy (non-hydrogen) atoms. The summed E-state index contributed by atoms with van der Waals surface area (Å²) in [6.45, 7) is 14.0. The molecular formula is C39H56O4. The molecular weight excluding hydrogens is 532 g/mol. The van der Waals surface area contributed by atoms with Crippen LogP contribution >= 0.6 is 0 Å². The molecule has 0 aliphatic heterocycles. The maximum absolute atomic E-state index is 13.5. The van der Waals surface area contributed by atoms with E-state index in [9.17, 15) is 19.2 Å². The van der Waals surface area contributed by atoms with Gasteiger partial charge in [-0.05, 0) is 92.0 Å². The van der Waals surface area contributed by atoms with Gasteiger partial charge in [-0.1, -0.05) is 90.3 Å². The third kappa shape index (κ3) is 11.0. The first-order chi connectivity index (χ1) is 20.6. The minimum atomic E-state index is -0.123. The lowest BCUT2D eigenvalue weighted by Crippen LogP contribution is -2.30. The molecule has 0 N–H and O–H groups in total. The van der Waals surface area contributed by atoms with Crippen LogP contribution in [0.15, 0.2) is 36.4 Å². The molecule has 0 bridgehead atoms. The molecule has 4 nitrogen and oxygen atoms in total. The van der Waals surface area contributed by atoms with E-state index in [1.165, 1.54) is 18.9 Å². The van der Waals surface area contributed by atoms with Crippen molar-refractivity contribution in [2.24, 2.45) is 17.8 Å². The average molecular weight is 589 g/mol. The Hall–Kier alpha value is -2.88. The topological polar surface area (TPSA) is 68.3 Å². The number of hydrogen-bond donors (Lipinski definition) is 0. The van der Waals surface area contributed by atoms with Crippen molar-refractivity contribution in [3.8, 4) is 11.1 Å². The predicted molar refractivity (Wildman–Crippen MR) is 179 cm³/mol. The van der Waals surface area contributed by atoms with E-state index in [0.717, 1.165) is 79.2 Å². The number of ketones is 4. The Kier molecular flexibility index (Phi) is 15.8. The zero-order chi connectivity index (χ0) is 31.9. The number of Topliss-reactive ketones (excluding diaryl/α,β-unsaturated/α-hetero) is 4. The lowest BCUT2D eigenvalue weighted by molar-refractivity contribution is -0.130. The van der Waals surface area contributed by atoms with E-state index in [0.29, 0.717) is 25.0 Å². The number of fused-ring (bicyclic) bond motifs is 1. The maximum Gasteiger partial charge on any atom is 0.163 e. The Labute approximate surface area is 261 Å². The van der Waals surface area contributed by atoms with Crippen molar-refractivity contribution in [3.63, 3.8) is 0 Å². The minimum absolute atomic E-state index is 0.0134. The van der Waals surface area contributed by atoms with Crippen LogP contribution < -0.4 is 0 Å². The van der Waals surface area contributed by atoms with Crippen LogP contribution in [0.5, 0.6) is 0 Å². The summed E-state index contributed by atoms with van der Waals surface area (Å²) in [5, 5.41) is 0. The Morgan fingerprint density at radius 3 is 2.14 bits per heavy atom. The van der Waals surface area contributed by atoms with E-state index < -0.39 is 0 Å². The Morgan fingerprint density at radius 1 is 0.884 bits per heavy atom. The van der Waals surface area contributed by atoms with Crippen molar-refractivity contribution in [3.05, 3.63) is 58.7 Å². The molecule has 4 heteroatoms. The molecule has 0 saturated heterocycles. The van der Waals surface area contributed by atoms with Crippen LogP contribution in [0.3, 0.4) is 0 Å². The Balaban J connectivity index is 0.00000206. The summed E-state index contributed by atoms with van der Waals surface area (Å²) in [5.74, 6) is 0.798. The molecule has 0 aromatic heterocycles. The number of hydrogen-bond acceptors (Lipinski definition) is 4. The molecule has 1 aliphatic rings. The van der Waals surface area contributed by atoms with E-state index in [1.807, 2.05) is 20.8 Å². The highest BCUT2D eigenvalue weighted by Crippen LogP contribution is 2.40. The summed E-state index contributed by atoms with van der Waals surface area (Å²) >= 11 is 0. The molecule has 236 valence electrons. The first-order valence-electron chi connectivity index (χ1n) is 16.9. The number of rotatable bonds is 16. The van der Waals surface area contributed by atoms with Crippen LogP contribution in [-0.4, -0.2) is 23.1 Å². The second-order valence-corrected chi connectivity index (χ2v) is 12.7. The molecule has 0 heterocycles. The zero-order valence-corrected chi connectivity index (χ0v) is 28.0. The van der Waals surface area contributed by atoms with Gasteiger partial charge >= 0.3 is 0 Å². The van der Waals surface area contributed by atoms with Crippen LogP contribution in [0, 0.1) is 24.7 Å². The number of benzene rings is 2. The van der Waals surface area contributed by atoms with Crippen molar-refractivity contribution in [1.82, 2.24) is 0 Å². The summed E-state index contributed by atoms with van der Waals surface area (Å²) in [6, 6.07) is 12.8. The van der Waals surface area contributed by atoms with Gasteiger partial charge < -0.3 is 0 Å². The normalized spacial score (nSPS) is 15.6. The fourth-order valence-corrected chi connectivity index (χ4v) is 6.75. The highest BCUT2D eigenvalue weighted by atomic mass is 16.1. The van der Waals surface area contributed by atoms with Gasteiger partial charge in [0.2, 0.25) is 0 Å². The third-order valence-corrected chi connectivity index (χ3v) is 8.62. The van der Waals surface area contributed by atoms with Gasteiger partial charge in [-0.2, -0.15) is 0 Å². The quantitative estimate of drug-likeness (QED) is 0.183. The van der Waals surface area contributed by atoms with Gasteiger partial charge in [0.25, 0.3) is 0 Å². The van der Waals surface area contributed by atoms with E-state index >= 15 is 0 Å². The van der Waals surface area contributed by atoms with E-state index in [2.05, 4.69) is 57.2 Å². The van der Waals surface area contributed by atoms with Crippen molar-refractivity contribution in [2.45, 2.75) is 132 Å². The largest absolute Gasteiger partial charge is 0.300 e. The predicted octanol–water partition coefficient (Wildman–Crippen LogP) is 9.90. The first kappa shape index (κ1) is 36.3. The van der Waals surface area contributed by atoms with Crippen LogP contribution in [0.25, 0.3) is 11.1 Å². The molecule has 2 aromatic carbocycles. The molecule has 0 spiro atoms. The number of aryl methyl sites for hydroxylation is 2. The fraction of sp³-hybridized carbons (Fsp3) is 0.590. The molecule has 0 radical (unpaired) electrons. The first-order valence-corrected chi connectivity index (χ1v) is 16.9. The highest BCUT2D eigenvalue weighted by Gasteiger charge is 2.34. The van der Waals surface area contributed by atoms with Gasteiger partial charge in [0.05, 0.1) is 6.42 Å². The lowest BCUT2D eigenvalue weighted by atomic mass is 9.71. The van der Waals surface area contributed by atoms with E-state index in [1.54, 1.807) is 0 Å². The standard InChI is InChI=1S/C36H48O4.C3H8/c1-6-10-29(31(8-3)34(39)20-25(5)37)21-27-22-33-32(19-14-24(4)36(33)35(40)23-27)28-17-15-26(16-18-28)12-9-13-30(38)11-7-2;1-3-2/h14-19,27,29,31H,6-13,20-23H2,1-5H3;3H2,1-2H3. The van der Waals surface area contributed by atoms with Crippen molar-refractivity contribution >= 4 is 23.1 Å². The second kappa shape index (κ2) is 18.7. The van der Waals surface area contributed by atoms with Gasteiger partial charge in [0.15, 0.2) is 5.78 Å². The summed E-state index contributed by atoms with van der Waals surface area (Å²) in [7, 11) is 0. The SMILES string of the molecule is CCC.CCCC(=O)CCCc1ccc(-c2ccc(C)c3c2CC(CC(CCC)C(CC)C(=O)CC(C)=O)CC3=O)cc1. The van der Waals surface area contributed by atoms with Gasteiger partial charge in [0, 0.05) is 30.7 Å². The van der Waals surface area contributed by atoms with Crippen molar-refractivity contribution < 1.29 is 19.2 Å². The monoisotopic (exact) mass is 588 g/mol. The van der Waals surface area contributed by atoms with Crippen LogP contribution in [-0.2, 0) is 27.2 Å². The van der Waals surface area contributed by atoms with Crippen LogP contribution in [0.1, 0.15) is 139 Å². The molecule has 3 unspecified atom stereocenters. The van der Waals surface area contributed by atoms with Crippen molar-refractivity contribution in [1.29, 1.82) is 0 Å². The smallest absolute Gasteiger partial charge is 0.163 e. The summed E-state index contributed by atoms with van der Waals surface area (Å²) < 4.78 is 0. The van der Waals surface area contributed by atoms with Gasteiger partial charge in [-0.15, -0.1) is 0 Å². The van der Waals surface area contributed by atoms with Crippen molar-refractivity contribution in [2.75, 3.05) is 0 Å². The van der Waals surface area contributed by atoms with Gasteiger partial charge in [-0.3, -0.25) is 19.2 Å². The third-order valence-electron chi connectivity index (χ3n) is 8.62. The second-order valence-electron chi connectivity index (χ2n) is 12.7. The van der Waals surface area contributed by atoms with E-state index in [-0.39, 0.29) is 41.5 Å². The van der Waals surface area contributed by atoms with Gasteiger partial charge in [0.1, 0.15) is 17.3 Å². The molecule has 2 aromatic rings. The highest BCUT2D eigenvalue weighted by molar-refractivity contribution is 6.02. The molecule has 0 saturated carbocycles. The van der Waals surface area contributed by atoms with Crippen LogP contribution in [0.4, 0.5) is 0 Å². The number of carbonyl (C=O) groups excluding carboxylic acids is 4. The Morgan fingerprint density at radius 2 is 1.56 bits per heavy atom. The molecule has 0 fully saturated rings. The Bertz CT molecular complexity index is 1210. The average Bonchev–Trinajstić information content (AvgIpc) is 2.94. The summed E-state index contributed by atoms with van der Waals surface area (Å²) in [4.78, 5) is 50.0. The molecule has 3 atom stereocenters. The molecule has 1 aliphatic carbocycles. The fourth-order valence-electron chi connectivity index (χ4n) is 6.75.